The lowest BCUT2D eigenvalue weighted by molar-refractivity contribution is 0.200. The molecule has 0 saturated carbocycles. The molecule has 40 heavy (non-hydrogen) atoms. The van der Waals surface area contributed by atoms with Crippen LogP contribution in [0.15, 0.2) is 77.6 Å². The quantitative estimate of drug-likeness (QED) is 0.336. The number of benzene rings is 3. The topological polar surface area (TPSA) is 92.2 Å². The van der Waals surface area contributed by atoms with Gasteiger partial charge in [0.15, 0.2) is 5.82 Å². The second-order valence-electron chi connectivity index (χ2n) is 10.3. The molecule has 0 radical (unpaired) electrons. The first kappa shape index (κ1) is 25.8. The molecule has 2 aromatic heterocycles. The van der Waals surface area contributed by atoms with Gasteiger partial charge in [-0.15, -0.1) is 5.10 Å². The highest BCUT2D eigenvalue weighted by Gasteiger charge is 2.33. The number of nitrogens with one attached hydrogen (secondary N) is 1. The van der Waals surface area contributed by atoms with Crippen LogP contribution in [0.3, 0.4) is 0 Å². The Morgan fingerprint density at radius 3 is 2.38 bits per heavy atom. The molecular formula is C31H33N7O2. The number of tetrazole rings is 1. The molecule has 1 N–H and O–H groups in total. The van der Waals surface area contributed by atoms with E-state index < -0.39 is 6.04 Å². The highest BCUT2D eigenvalue weighted by Crippen LogP contribution is 2.30. The average Bonchev–Trinajstić information content (AvgIpc) is 3.44. The van der Waals surface area contributed by atoms with Crippen LogP contribution in [-0.2, 0) is 6.54 Å². The minimum Gasteiger partial charge on any atom is -0.497 e. The van der Waals surface area contributed by atoms with Crippen LogP contribution < -0.4 is 15.2 Å². The third-order valence-electron chi connectivity index (χ3n) is 7.86. The van der Waals surface area contributed by atoms with Gasteiger partial charge in [0, 0.05) is 42.8 Å². The summed E-state index contributed by atoms with van der Waals surface area (Å²) in [5.74, 6) is 1.51. The monoisotopic (exact) mass is 535 g/mol. The van der Waals surface area contributed by atoms with Gasteiger partial charge < -0.3 is 14.6 Å². The Balaban J connectivity index is 1.39. The fraction of sp³-hybridized carbons (Fsp3) is 0.290. The van der Waals surface area contributed by atoms with Crippen molar-refractivity contribution in [3.05, 3.63) is 111 Å². The van der Waals surface area contributed by atoms with Gasteiger partial charge in [-0.05, 0) is 71.3 Å². The molecule has 0 bridgehead atoms. The molecule has 3 heterocycles. The van der Waals surface area contributed by atoms with Crippen molar-refractivity contribution in [3.8, 4) is 5.75 Å². The van der Waals surface area contributed by atoms with E-state index in [1.807, 2.05) is 54.1 Å². The predicted octanol–water partition coefficient (Wildman–Crippen LogP) is 4.10. The van der Waals surface area contributed by atoms with Gasteiger partial charge in [0.25, 0.3) is 5.56 Å². The van der Waals surface area contributed by atoms with Crippen LogP contribution in [0, 0.1) is 13.8 Å². The van der Waals surface area contributed by atoms with Crippen LogP contribution in [0.5, 0.6) is 5.75 Å². The Morgan fingerprint density at radius 2 is 1.65 bits per heavy atom. The van der Waals surface area contributed by atoms with Gasteiger partial charge in [0.05, 0.1) is 19.2 Å². The van der Waals surface area contributed by atoms with Crippen LogP contribution >= 0.6 is 0 Å². The van der Waals surface area contributed by atoms with Crippen LogP contribution in [0.1, 0.15) is 34.1 Å². The summed E-state index contributed by atoms with van der Waals surface area (Å²) in [7, 11) is 1.68. The zero-order valence-electron chi connectivity index (χ0n) is 23.0. The van der Waals surface area contributed by atoms with Gasteiger partial charge in [-0.1, -0.05) is 42.5 Å². The number of ether oxygens (including phenoxy) is 1. The zero-order valence-corrected chi connectivity index (χ0v) is 23.0. The predicted molar refractivity (Wildman–Crippen MR) is 156 cm³/mol. The minimum absolute atomic E-state index is 0.113. The van der Waals surface area contributed by atoms with Gasteiger partial charge in [0.1, 0.15) is 11.8 Å². The Kier molecular flexibility index (Phi) is 7.04. The molecule has 0 amide bonds. The smallest absolute Gasteiger partial charge is 0.253 e. The van der Waals surface area contributed by atoms with E-state index in [0.29, 0.717) is 17.9 Å². The van der Waals surface area contributed by atoms with Gasteiger partial charge >= 0.3 is 0 Å². The third kappa shape index (κ3) is 4.96. The molecule has 3 aromatic carbocycles. The SMILES string of the molecule is COc1ccc(N2CCN(C(c3cc4c(C)ccc(C)c4[nH]c3=O)c3nnnn3Cc3ccccc3)CC2)cc1. The Hall–Kier alpha value is -4.50. The van der Waals surface area contributed by atoms with E-state index in [1.54, 1.807) is 7.11 Å². The van der Waals surface area contributed by atoms with Gasteiger partial charge in [-0.25, -0.2) is 4.68 Å². The Labute approximate surface area is 233 Å². The number of pyridine rings is 1. The number of hydrogen-bond acceptors (Lipinski definition) is 7. The summed E-state index contributed by atoms with van der Waals surface area (Å²) in [6, 6.07) is 24.1. The number of nitrogens with zero attached hydrogens (tertiary/aromatic N) is 6. The summed E-state index contributed by atoms with van der Waals surface area (Å²) in [4.78, 5) is 21.6. The average molecular weight is 536 g/mol. The van der Waals surface area contributed by atoms with Crippen molar-refractivity contribution in [3.63, 3.8) is 0 Å². The summed E-state index contributed by atoms with van der Waals surface area (Å²) in [6.07, 6.45) is 0. The number of piperazine rings is 1. The summed E-state index contributed by atoms with van der Waals surface area (Å²) < 4.78 is 7.15. The van der Waals surface area contributed by atoms with Gasteiger partial charge in [-0.2, -0.15) is 0 Å². The standard InChI is InChI=1S/C31H33N7O2/c1-21-9-10-22(2)28-26(21)19-27(31(39)32-28)29(30-33-34-35-38(30)20-23-7-5-4-6-8-23)37-17-15-36(16-18-37)24-11-13-25(40-3)14-12-24/h4-14,19,29H,15-18,20H2,1-3H3,(H,32,39). The molecule has 9 heteroatoms. The number of aryl methyl sites for hydroxylation is 2. The van der Waals surface area contributed by atoms with Crippen LogP contribution in [0.25, 0.3) is 10.9 Å². The molecule has 0 aliphatic carbocycles. The molecule has 0 spiro atoms. The number of methoxy groups -OCH3 is 1. The molecule has 1 fully saturated rings. The van der Waals surface area contributed by atoms with Crippen molar-refractivity contribution in [1.29, 1.82) is 0 Å². The molecule has 204 valence electrons. The van der Waals surface area contributed by atoms with E-state index in [1.165, 1.54) is 0 Å². The van der Waals surface area contributed by atoms with Crippen molar-refractivity contribution < 1.29 is 4.74 Å². The summed E-state index contributed by atoms with van der Waals surface area (Å²) in [6.45, 7) is 7.74. The third-order valence-corrected chi connectivity index (χ3v) is 7.86. The molecule has 1 aliphatic rings. The molecule has 1 atom stereocenters. The largest absolute Gasteiger partial charge is 0.497 e. The lowest BCUT2D eigenvalue weighted by atomic mass is 9.99. The minimum atomic E-state index is -0.398. The van der Waals surface area contributed by atoms with E-state index in [-0.39, 0.29) is 5.56 Å². The normalized spacial score (nSPS) is 14.9. The summed E-state index contributed by atoms with van der Waals surface area (Å²) >= 11 is 0. The van der Waals surface area contributed by atoms with Crippen molar-refractivity contribution >= 4 is 16.6 Å². The lowest BCUT2D eigenvalue weighted by Gasteiger charge is -2.39. The molecule has 9 nitrogen and oxygen atoms in total. The molecule has 1 unspecified atom stereocenters. The van der Waals surface area contributed by atoms with E-state index in [2.05, 4.69) is 67.6 Å². The van der Waals surface area contributed by atoms with E-state index in [0.717, 1.165) is 65.2 Å². The first-order valence-electron chi connectivity index (χ1n) is 13.6. The van der Waals surface area contributed by atoms with Crippen LogP contribution in [-0.4, -0.2) is 63.4 Å². The highest BCUT2D eigenvalue weighted by molar-refractivity contribution is 5.85. The number of H-pyrrole nitrogens is 1. The molecule has 1 saturated heterocycles. The fourth-order valence-electron chi connectivity index (χ4n) is 5.60. The second kappa shape index (κ2) is 10.9. The number of fused-ring (bicyclic) bond motifs is 1. The lowest BCUT2D eigenvalue weighted by Crippen LogP contribution is -2.49. The van der Waals surface area contributed by atoms with Crippen LogP contribution in [0.2, 0.25) is 0 Å². The van der Waals surface area contributed by atoms with Crippen molar-refractivity contribution in [2.45, 2.75) is 26.4 Å². The molecule has 5 aromatic rings. The van der Waals surface area contributed by atoms with Crippen LogP contribution in [0.4, 0.5) is 5.69 Å². The number of hydrogen-bond donors (Lipinski definition) is 1. The molecule has 6 rings (SSSR count). The van der Waals surface area contributed by atoms with Gasteiger partial charge in [-0.3, -0.25) is 9.69 Å². The van der Waals surface area contributed by atoms with Crippen molar-refractivity contribution in [1.82, 2.24) is 30.1 Å². The fourth-order valence-corrected chi connectivity index (χ4v) is 5.60. The number of rotatable bonds is 7. The zero-order chi connectivity index (χ0) is 27.6. The first-order chi connectivity index (χ1) is 19.5. The second-order valence-corrected chi connectivity index (χ2v) is 10.3. The first-order valence-corrected chi connectivity index (χ1v) is 13.6. The number of anilines is 1. The maximum Gasteiger partial charge on any atom is 0.253 e. The Bertz CT molecular complexity index is 1670. The van der Waals surface area contributed by atoms with Crippen molar-refractivity contribution in [2.24, 2.45) is 0 Å². The maximum absolute atomic E-state index is 13.7. The van der Waals surface area contributed by atoms with Gasteiger partial charge in [0.2, 0.25) is 0 Å². The van der Waals surface area contributed by atoms with Crippen molar-refractivity contribution in [2.75, 3.05) is 38.2 Å². The summed E-state index contributed by atoms with van der Waals surface area (Å²) in [5.41, 5.74) is 5.83. The van der Waals surface area contributed by atoms with E-state index in [4.69, 9.17) is 4.74 Å². The molecular weight excluding hydrogens is 502 g/mol. The number of aromatic nitrogens is 5. The van der Waals surface area contributed by atoms with E-state index >= 15 is 0 Å². The molecule has 1 aliphatic heterocycles. The maximum atomic E-state index is 13.7. The highest BCUT2D eigenvalue weighted by atomic mass is 16.5. The number of aromatic amines is 1. The summed E-state index contributed by atoms with van der Waals surface area (Å²) in [5, 5.41) is 14.0. The van der Waals surface area contributed by atoms with E-state index in [9.17, 15) is 4.79 Å². The Morgan fingerprint density at radius 1 is 0.925 bits per heavy atom.